The maximum Gasteiger partial charge on any atom is 0.125 e. The first-order valence-electron chi connectivity index (χ1n) is 7.44. The van der Waals surface area contributed by atoms with E-state index >= 15 is 0 Å². The first-order valence-corrected chi connectivity index (χ1v) is 7.44. The zero-order chi connectivity index (χ0) is 14.4. The van der Waals surface area contributed by atoms with Gasteiger partial charge in [-0.15, -0.1) is 0 Å². The summed E-state index contributed by atoms with van der Waals surface area (Å²) < 4.78 is 5.80. The van der Waals surface area contributed by atoms with Crippen molar-refractivity contribution in [1.29, 1.82) is 0 Å². The summed E-state index contributed by atoms with van der Waals surface area (Å²) in [4.78, 5) is 0. The first kappa shape index (κ1) is 16.0. The van der Waals surface area contributed by atoms with E-state index in [4.69, 9.17) is 10.5 Å². The SMILES string of the molecule is CCOc1c(C)cc(C)cc1CCCC(N)C(C)C. The molecule has 2 N–H and O–H groups in total. The largest absolute Gasteiger partial charge is 0.493 e. The van der Waals surface area contributed by atoms with Crippen LogP contribution in [0.15, 0.2) is 12.1 Å². The fourth-order valence-electron chi connectivity index (χ4n) is 2.44. The van der Waals surface area contributed by atoms with Crippen LogP contribution in [0.25, 0.3) is 0 Å². The molecule has 108 valence electrons. The molecule has 1 unspecified atom stereocenters. The Kier molecular flexibility index (Phi) is 6.36. The molecule has 1 atom stereocenters. The lowest BCUT2D eigenvalue weighted by Gasteiger charge is -2.17. The van der Waals surface area contributed by atoms with E-state index in [9.17, 15) is 0 Å². The molecule has 1 aromatic rings. The number of hydrogen-bond donors (Lipinski definition) is 1. The van der Waals surface area contributed by atoms with Crippen LogP contribution in [0.2, 0.25) is 0 Å². The van der Waals surface area contributed by atoms with Crippen LogP contribution >= 0.6 is 0 Å². The summed E-state index contributed by atoms with van der Waals surface area (Å²) in [6.07, 6.45) is 3.26. The summed E-state index contributed by atoms with van der Waals surface area (Å²) in [6, 6.07) is 4.74. The number of aryl methyl sites for hydroxylation is 3. The molecule has 0 fully saturated rings. The van der Waals surface area contributed by atoms with Gasteiger partial charge < -0.3 is 10.5 Å². The highest BCUT2D eigenvalue weighted by Crippen LogP contribution is 2.27. The molecular formula is C17H29NO. The van der Waals surface area contributed by atoms with Crippen molar-refractivity contribution in [2.75, 3.05) is 6.61 Å². The van der Waals surface area contributed by atoms with Gasteiger partial charge in [0.15, 0.2) is 0 Å². The Hall–Kier alpha value is -1.02. The molecule has 0 bridgehead atoms. The average molecular weight is 263 g/mol. The number of ether oxygens (including phenoxy) is 1. The van der Waals surface area contributed by atoms with Crippen molar-refractivity contribution in [1.82, 2.24) is 0 Å². The Morgan fingerprint density at radius 2 is 1.89 bits per heavy atom. The van der Waals surface area contributed by atoms with Crippen molar-refractivity contribution < 1.29 is 4.74 Å². The molecule has 0 amide bonds. The van der Waals surface area contributed by atoms with Crippen LogP contribution in [-0.2, 0) is 6.42 Å². The van der Waals surface area contributed by atoms with Gasteiger partial charge in [-0.1, -0.05) is 31.5 Å². The summed E-state index contributed by atoms with van der Waals surface area (Å²) in [6.45, 7) is 11.4. The average Bonchev–Trinajstić information content (AvgIpc) is 2.33. The summed E-state index contributed by atoms with van der Waals surface area (Å²) in [7, 11) is 0. The predicted octanol–water partition coefficient (Wildman–Crippen LogP) is 4.01. The standard InChI is InChI=1S/C17H29NO/c1-6-19-17-14(5)10-13(4)11-15(17)8-7-9-16(18)12(2)3/h10-12,16H,6-9,18H2,1-5H3. The number of rotatable bonds is 7. The van der Waals surface area contributed by atoms with Gasteiger partial charge in [-0.25, -0.2) is 0 Å². The molecule has 0 saturated carbocycles. The topological polar surface area (TPSA) is 35.2 Å². The molecule has 0 spiro atoms. The van der Waals surface area contributed by atoms with E-state index in [2.05, 4.69) is 39.8 Å². The van der Waals surface area contributed by atoms with Crippen LogP contribution in [0.5, 0.6) is 5.75 Å². The monoisotopic (exact) mass is 263 g/mol. The van der Waals surface area contributed by atoms with Crippen LogP contribution in [-0.4, -0.2) is 12.6 Å². The lowest BCUT2D eigenvalue weighted by molar-refractivity contribution is 0.333. The molecule has 0 radical (unpaired) electrons. The van der Waals surface area contributed by atoms with E-state index in [1.807, 2.05) is 6.92 Å². The van der Waals surface area contributed by atoms with Gasteiger partial charge in [0.05, 0.1) is 6.61 Å². The van der Waals surface area contributed by atoms with E-state index in [-0.39, 0.29) is 0 Å². The Balaban J connectivity index is 2.71. The van der Waals surface area contributed by atoms with E-state index in [0.717, 1.165) is 31.6 Å². The molecule has 0 heterocycles. The van der Waals surface area contributed by atoms with Gasteiger partial charge >= 0.3 is 0 Å². The molecule has 1 aromatic carbocycles. The van der Waals surface area contributed by atoms with Crippen molar-refractivity contribution in [2.24, 2.45) is 11.7 Å². The molecule has 2 heteroatoms. The molecule has 0 aliphatic heterocycles. The molecule has 0 aliphatic carbocycles. The smallest absolute Gasteiger partial charge is 0.125 e. The Morgan fingerprint density at radius 1 is 1.21 bits per heavy atom. The maximum atomic E-state index is 6.11. The van der Waals surface area contributed by atoms with Crippen molar-refractivity contribution in [3.8, 4) is 5.75 Å². The Bertz CT molecular complexity index is 398. The minimum absolute atomic E-state index is 0.307. The third-order valence-electron chi connectivity index (χ3n) is 3.62. The second kappa shape index (κ2) is 7.54. The van der Waals surface area contributed by atoms with Crippen LogP contribution < -0.4 is 10.5 Å². The lowest BCUT2D eigenvalue weighted by Crippen LogP contribution is -2.26. The molecule has 1 rings (SSSR count). The fraction of sp³-hybridized carbons (Fsp3) is 0.647. The van der Waals surface area contributed by atoms with E-state index in [1.165, 1.54) is 16.7 Å². The van der Waals surface area contributed by atoms with Crippen LogP contribution in [0.4, 0.5) is 0 Å². The molecule has 0 saturated heterocycles. The van der Waals surface area contributed by atoms with Crippen molar-refractivity contribution >= 4 is 0 Å². The van der Waals surface area contributed by atoms with Crippen LogP contribution in [0.1, 0.15) is 50.3 Å². The minimum atomic E-state index is 0.307. The van der Waals surface area contributed by atoms with E-state index < -0.39 is 0 Å². The van der Waals surface area contributed by atoms with Gasteiger partial charge in [0.25, 0.3) is 0 Å². The van der Waals surface area contributed by atoms with Crippen LogP contribution in [0, 0.1) is 19.8 Å². The second-order valence-corrected chi connectivity index (χ2v) is 5.80. The highest BCUT2D eigenvalue weighted by atomic mass is 16.5. The molecule has 0 aromatic heterocycles. The highest BCUT2D eigenvalue weighted by molar-refractivity contribution is 5.43. The molecular weight excluding hydrogens is 234 g/mol. The zero-order valence-electron chi connectivity index (χ0n) is 13.1. The molecule has 2 nitrogen and oxygen atoms in total. The maximum absolute atomic E-state index is 6.11. The lowest BCUT2D eigenvalue weighted by atomic mass is 9.96. The van der Waals surface area contributed by atoms with E-state index in [1.54, 1.807) is 0 Å². The van der Waals surface area contributed by atoms with Crippen LogP contribution in [0.3, 0.4) is 0 Å². The van der Waals surface area contributed by atoms with Crippen molar-refractivity contribution in [2.45, 2.75) is 59.9 Å². The first-order chi connectivity index (χ1) is 8.95. The number of benzene rings is 1. The second-order valence-electron chi connectivity index (χ2n) is 5.80. The minimum Gasteiger partial charge on any atom is -0.493 e. The summed E-state index contributed by atoms with van der Waals surface area (Å²) >= 11 is 0. The van der Waals surface area contributed by atoms with Gasteiger partial charge in [0.1, 0.15) is 5.75 Å². The predicted molar refractivity (Wildman–Crippen MR) is 82.8 cm³/mol. The fourth-order valence-corrected chi connectivity index (χ4v) is 2.44. The van der Waals surface area contributed by atoms with Gasteiger partial charge in [-0.05, 0) is 57.1 Å². The summed E-state index contributed by atoms with van der Waals surface area (Å²) in [5.41, 5.74) is 9.99. The summed E-state index contributed by atoms with van der Waals surface area (Å²) in [5, 5.41) is 0. The third kappa shape index (κ3) is 4.87. The Labute approximate surface area is 118 Å². The summed E-state index contributed by atoms with van der Waals surface area (Å²) in [5.74, 6) is 1.64. The van der Waals surface area contributed by atoms with Gasteiger partial charge in [0.2, 0.25) is 0 Å². The quantitative estimate of drug-likeness (QED) is 0.806. The highest BCUT2D eigenvalue weighted by Gasteiger charge is 2.11. The third-order valence-corrected chi connectivity index (χ3v) is 3.62. The molecule has 19 heavy (non-hydrogen) atoms. The van der Waals surface area contributed by atoms with E-state index in [0.29, 0.717) is 12.0 Å². The van der Waals surface area contributed by atoms with Gasteiger partial charge in [0, 0.05) is 6.04 Å². The molecule has 0 aliphatic rings. The Morgan fingerprint density at radius 3 is 2.47 bits per heavy atom. The number of nitrogens with two attached hydrogens (primary N) is 1. The normalized spacial score (nSPS) is 12.8. The number of hydrogen-bond acceptors (Lipinski definition) is 2. The van der Waals surface area contributed by atoms with Gasteiger partial charge in [-0.2, -0.15) is 0 Å². The van der Waals surface area contributed by atoms with Gasteiger partial charge in [-0.3, -0.25) is 0 Å². The zero-order valence-corrected chi connectivity index (χ0v) is 13.1. The van der Waals surface area contributed by atoms with Crippen molar-refractivity contribution in [3.05, 3.63) is 28.8 Å². The van der Waals surface area contributed by atoms with Crippen molar-refractivity contribution in [3.63, 3.8) is 0 Å².